The molecule has 2 aromatic rings. The van der Waals surface area contributed by atoms with Crippen LogP contribution >= 0.6 is 0 Å². The second kappa shape index (κ2) is 6.39. The second-order valence-electron chi connectivity index (χ2n) is 4.85. The minimum atomic E-state index is 0.0241. The molecule has 2 rings (SSSR count). The van der Waals surface area contributed by atoms with Gasteiger partial charge in [-0.05, 0) is 41.8 Å². The van der Waals surface area contributed by atoms with E-state index >= 15 is 0 Å². The van der Waals surface area contributed by atoms with E-state index in [0.29, 0.717) is 0 Å². The van der Waals surface area contributed by atoms with Crippen molar-refractivity contribution in [1.29, 1.82) is 0 Å². The summed E-state index contributed by atoms with van der Waals surface area (Å²) in [5.41, 5.74) is 3.09. The Morgan fingerprint density at radius 3 is 2.45 bits per heavy atom. The molecular weight excluding hydrogens is 252 g/mol. The van der Waals surface area contributed by atoms with Crippen LogP contribution in [-0.4, -0.2) is 24.2 Å². The molecule has 1 aromatic heterocycles. The lowest BCUT2D eigenvalue weighted by molar-refractivity contribution is 0.281. The summed E-state index contributed by atoms with van der Waals surface area (Å²) < 4.78 is 5.15. The maximum absolute atomic E-state index is 9.11. The zero-order chi connectivity index (χ0) is 14.5. The van der Waals surface area contributed by atoms with Gasteiger partial charge in [-0.25, -0.2) is 4.98 Å². The largest absolute Gasteiger partial charge is 0.497 e. The van der Waals surface area contributed by atoms with E-state index in [-0.39, 0.29) is 6.61 Å². The molecule has 0 atom stereocenters. The average molecular weight is 272 g/mol. The number of methoxy groups -OCH3 is 1. The van der Waals surface area contributed by atoms with Gasteiger partial charge in [0.15, 0.2) is 0 Å². The lowest BCUT2D eigenvalue weighted by Crippen LogP contribution is -2.19. The molecule has 0 aliphatic carbocycles. The number of aliphatic hydroxyl groups excluding tert-OH is 1. The molecule has 1 aromatic carbocycles. The SMILES string of the molecule is COc1ccc(CN(C)c2ncc(CO)cc2C)cc1. The number of hydrogen-bond donors (Lipinski definition) is 1. The van der Waals surface area contributed by atoms with Gasteiger partial charge in [0.1, 0.15) is 11.6 Å². The molecule has 1 N–H and O–H groups in total. The fraction of sp³-hybridized carbons (Fsp3) is 0.312. The molecule has 0 fully saturated rings. The highest BCUT2D eigenvalue weighted by atomic mass is 16.5. The van der Waals surface area contributed by atoms with Crippen LogP contribution in [0.4, 0.5) is 5.82 Å². The first-order valence-corrected chi connectivity index (χ1v) is 6.54. The number of rotatable bonds is 5. The molecule has 1 heterocycles. The predicted molar refractivity (Wildman–Crippen MR) is 80.0 cm³/mol. The summed E-state index contributed by atoms with van der Waals surface area (Å²) in [6.45, 7) is 2.80. The zero-order valence-corrected chi connectivity index (χ0v) is 12.1. The lowest BCUT2D eigenvalue weighted by Gasteiger charge is -2.20. The van der Waals surface area contributed by atoms with Crippen molar-refractivity contribution >= 4 is 5.82 Å². The smallest absolute Gasteiger partial charge is 0.131 e. The molecule has 0 amide bonds. The Kier molecular flexibility index (Phi) is 4.58. The summed E-state index contributed by atoms with van der Waals surface area (Å²) in [6, 6.07) is 9.98. The van der Waals surface area contributed by atoms with Gasteiger partial charge >= 0.3 is 0 Å². The Balaban J connectivity index is 2.12. The Labute approximate surface area is 119 Å². The molecule has 4 heteroatoms. The van der Waals surface area contributed by atoms with Crippen LogP contribution < -0.4 is 9.64 Å². The van der Waals surface area contributed by atoms with Crippen molar-refractivity contribution in [3.05, 3.63) is 53.2 Å². The lowest BCUT2D eigenvalue weighted by atomic mass is 10.1. The molecule has 0 saturated carbocycles. The first-order valence-electron chi connectivity index (χ1n) is 6.54. The number of ether oxygens (including phenoxy) is 1. The van der Waals surface area contributed by atoms with Gasteiger partial charge in [0.05, 0.1) is 13.7 Å². The van der Waals surface area contributed by atoms with Gasteiger partial charge in [-0.3, -0.25) is 0 Å². The summed E-state index contributed by atoms with van der Waals surface area (Å²) in [4.78, 5) is 6.52. The van der Waals surface area contributed by atoms with E-state index in [0.717, 1.165) is 29.2 Å². The van der Waals surface area contributed by atoms with E-state index in [1.807, 2.05) is 44.3 Å². The fourth-order valence-electron chi connectivity index (χ4n) is 2.19. The standard InChI is InChI=1S/C16H20N2O2/c1-12-8-14(11-19)9-17-16(12)18(2)10-13-4-6-15(20-3)7-5-13/h4-9,19H,10-11H2,1-3H3. The zero-order valence-electron chi connectivity index (χ0n) is 12.1. The normalized spacial score (nSPS) is 10.4. The van der Waals surface area contributed by atoms with Crippen LogP contribution in [0.15, 0.2) is 36.5 Å². The maximum Gasteiger partial charge on any atom is 0.131 e. The minimum absolute atomic E-state index is 0.0241. The van der Waals surface area contributed by atoms with Crippen LogP contribution in [0.5, 0.6) is 5.75 Å². The molecule has 4 nitrogen and oxygen atoms in total. The number of aliphatic hydroxyl groups is 1. The van der Waals surface area contributed by atoms with E-state index < -0.39 is 0 Å². The summed E-state index contributed by atoms with van der Waals surface area (Å²) in [5.74, 6) is 1.79. The van der Waals surface area contributed by atoms with E-state index in [9.17, 15) is 0 Å². The number of benzene rings is 1. The molecule has 0 aliphatic heterocycles. The van der Waals surface area contributed by atoms with Crippen molar-refractivity contribution in [3.63, 3.8) is 0 Å². The number of hydrogen-bond acceptors (Lipinski definition) is 4. The monoisotopic (exact) mass is 272 g/mol. The average Bonchev–Trinajstić information content (AvgIpc) is 2.47. The van der Waals surface area contributed by atoms with E-state index in [4.69, 9.17) is 9.84 Å². The van der Waals surface area contributed by atoms with Crippen LogP contribution in [0, 0.1) is 6.92 Å². The minimum Gasteiger partial charge on any atom is -0.497 e. The molecule has 0 radical (unpaired) electrons. The quantitative estimate of drug-likeness (QED) is 0.908. The second-order valence-corrected chi connectivity index (χ2v) is 4.85. The van der Waals surface area contributed by atoms with Gasteiger partial charge < -0.3 is 14.7 Å². The topological polar surface area (TPSA) is 45.6 Å². The first kappa shape index (κ1) is 14.3. The van der Waals surface area contributed by atoms with Crippen molar-refractivity contribution in [3.8, 4) is 5.75 Å². The number of aryl methyl sites for hydroxylation is 1. The summed E-state index contributed by atoms with van der Waals surface area (Å²) in [6.07, 6.45) is 1.72. The number of aromatic nitrogens is 1. The van der Waals surface area contributed by atoms with Gasteiger partial charge in [-0.2, -0.15) is 0 Å². The number of pyridine rings is 1. The first-order chi connectivity index (χ1) is 9.63. The van der Waals surface area contributed by atoms with Crippen LogP contribution in [0.25, 0.3) is 0 Å². The van der Waals surface area contributed by atoms with Gasteiger partial charge in [0.2, 0.25) is 0 Å². The van der Waals surface area contributed by atoms with E-state index in [1.54, 1.807) is 13.3 Å². The third kappa shape index (κ3) is 3.27. The van der Waals surface area contributed by atoms with Crippen LogP contribution in [-0.2, 0) is 13.2 Å². The van der Waals surface area contributed by atoms with Crippen molar-refractivity contribution in [2.45, 2.75) is 20.1 Å². The van der Waals surface area contributed by atoms with Crippen LogP contribution in [0.2, 0.25) is 0 Å². The van der Waals surface area contributed by atoms with Gasteiger partial charge in [0, 0.05) is 19.8 Å². The molecule has 0 bridgehead atoms. The number of anilines is 1. The van der Waals surface area contributed by atoms with Gasteiger partial charge in [-0.1, -0.05) is 12.1 Å². The van der Waals surface area contributed by atoms with E-state index in [1.165, 1.54) is 5.56 Å². The third-order valence-corrected chi connectivity index (χ3v) is 3.23. The van der Waals surface area contributed by atoms with Gasteiger partial charge in [-0.15, -0.1) is 0 Å². The molecule has 0 aliphatic rings. The van der Waals surface area contributed by atoms with Crippen molar-refractivity contribution in [1.82, 2.24) is 4.98 Å². The third-order valence-electron chi connectivity index (χ3n) is 3.23. The van der Waals surface area contributed by atoms with Crippen molar-refractivity contribution in [2.24, 2.45) is 0 Å². The van der Waals surface area contributed by atoms with Crippen LogP contribution in [0.1, 0.15) is 16.7 Å². The van der Waals surface area contributed by atoms with Crippen molar-refractivity contribution < 1.29 is 9.84 Å². The summed E-state index contributed by atoms with van der Waals surface area (Å²) >= 11 is 0. The summed E-state index contributed by atoms with van der Waals surface area (Å²) in [7, 11) is 3.68. The van der Waals surface area contributed by atoms with Crippen molar-refractivity contribution in [2.75, 3.05) is 19.1 Å². The summed E-state index contributed by atoms with van der Waals surface area (Å²) in [5, 5.41) is 9.11. The van der Waals surface area contributed by atoms with E-state index in [2.05, 4.69) is 9.88 Å². The maximum atomic E-state index is 9.11. The number of nitrogens with zero attached hydrogens (tertiary/aromatic N) is 2. The molecule has 0 spiro atoms. The fourth-order valence-corrected chi connectivity index (χ4v) is 2.19. The molecule has 20 heavy (non-hydrogen) atoms. The Morgan fingerprint density at radius 2 is 1.90 bits per heavy atom. The van der Waals surface area contributed by atoms with Crippen LogP contribution in [0.3, 0.4) is 0 Å². The molecule has 0 unspecified atom stereocenters. The Bertz CT molecular complexity index is 567. The molecular formula is C16H20N2O2. The molecule has 0 saturated heterocycles. The highest BCUT2D eigenvalue weighted by Gasteiger charge is 2.08. The Morgan fingerprint density at radius 1 is 1.20 bits per heavy atom. The Hall–Kier alpha value is -2.07. The highest BCUT2D eigenvalue weighted by molar-refractivity contribution is 5.47. The molecule has 106 valence electrons. The predicted octanol–water partition coefficient (Wildman–Crippen LogP) is 2.53. The highest BCUT2D eigenvalue weighted by Crippen LogP contribution is 2.20. The van der Waals surface area contributed by atoms with Gasteiger partial charge in [0.25, 0.3) is 0 Å².